The van der Waals surface area contributed by atoms with E-state index in [1.54, 1.807) is 6.07 Å². The molecule has 1 fully saturated rings. The number of hydrogen-bond donors (Lipinski definition) is 1. The van der Waals surface area contributed by atoms with Crippen LogP contribution in [-0.4, -0.2) is 41.3 Å². The highest BCUT2D eigenvalue weighted by molar-refractivity contribution is 5.96. The molecule has 27 heavy (non-hydrogen) atoms. The van der Waals surface area contributed by atoms with E-state index in [0.717, 1.165) is 44.1 Å². The summed E-state index contributed by atoms with van der Waals surface area (Å²) in [5, 5.41) is 10.0. The van der Waals surface area contributed by atoms with Crippen LogP contribution in [0.1, 0.15) is 30.3 Å². The monoisotopic (exact) mass is 376 g/mol. The Morgan fingerprint density at radius 2 is 1.89 bits per heavy atom. The molecule has 1 N–H and O–H groups in total. The third-order valence-corrected chi connectivity index (χ3v) is 4.13. The lowest BCUT2D eigenvalue weighted by Gasteiger charge is -2.16. The summed E-state index contributed by atoms with van der Waals surface area (Å²) in [7, 11) is 0. The van der Waals surface area contributed by atoms with Crippen molar-refractivity contribution in [3.63, 3.8) is 0 Å². The van der Waals surface area contributed by atoms with Crippen molar-refractivity contribution in [2.75, 3.05) is 23.3 Å². The van der Waals surface area contributed by atoms with Crippen LogP contribution in [0, 0.1) is 11.6 Å². The van der Waals surface area contributed by atoms with Gasteiger partial charge in [0.2, 0.25) is 0 Å². The van der Waals surface area contributed by atoms with Crippen LogP contribution in [0.5, 0.6) is 0 Å². The average molecular weight is 376 g/mol. The predicted molar refractivity (Wildman–Crippen MR) is 93.3 cm³/mol. The zero-order chi connectivity index (χ0) is 19.4. The van der Waals surface area contributed by atoms with E-state index in [1.165, 1.54) is 13.0 Å². The summed E-state index contributed by atoms with van der Waals surface area (Å²) in [5.41, 5.74) is -0.382. The first-order valence-corrected chi connectivity index (χ1v) is 8.49. The van der Waals surface area contributed by atoms with Gasteiger partial charge in [0.1, 0.15) is 11.6 Å². The number of nitrogens with zero attached hydrogens (tertiary/aromatic N) is 3. The van der Waals surface area contributed by atoms with Crippen molar-refractivity contribution in [3.05, 3.63) is 47.7 Å². The molecule has 9 heteroatoms. The number of rotatable bonds is 5. The van der Waals surface area contributed by atoms with E-state index in [-0.39, 0.29) is 11.4 Å². The zero-order valence-corrected chi connectivity index (χ0v) is 14.6. The Hall–Kier alpha value is -3.10. The van der Waals surface area contributed by atoms with Crippen molar-refractivity contribution in [3.8, 4) is 0 Å². The van der Waals surface area contributed by atoms with Crippen molar-refractivity contribution in [1.82, 2.24) is 10.2 Å². The molecule has 1 atom stereocenters. The highest BCUT2D eigenvalue weighted by Gasteiger charge is 2.22. The lowest BCUT2D eigenvalue weighted by molar-refractivity contribution is -0.123. The Labute approximate surface area is 154 Å². The van der Waals surface area contributed by atoms with Gasteiger partial charge in [-0.25, -0.2) is 13.6 Å². The van der Waals surface area contributed by atoms with Gasteiger partial charge >= 0.3 is 5.97 Å². The highest BCUT2D eigenvalue weighted by atomic mass is 19.1. The van der Waals surface area contributed by atoms with Gasteiger partial charge in [-0.1, -0.05) is 0 Å². The molecule has 0 radical (unpaired) electrons. The van der Waals surface area contributed by atoms with E-state index < -0.39 is 29.6 Å². The molecule has 2 heterocycles. The second-order valence-corrected chi connectivity index (χ2v) is 6.13. The van der Waals surface area contributed by atoms with Gasteiger partial charge in [0, 0.05) is 19.2 Å². The summed E-state index contributed by atoms with van der Waals surface area (Å²) in [6.45, 7) is 3.11. The zero-order valence-electron chi connectivity index (χ0n) is 14.6. The molecule has 1 aromatic heterocycles. The summed E-state index contributed by atoms with van der Waals surface area (Å²) in [4.78, 5) is 26.2. The standard InChI is InChI=1S/C18H18F2N4O3/c1-11(17(25)21-15-10-12(19)4-5-13(15)20)27-18(26)14-6-7-16(23-22-14)24-8-2-3-9-24/h4-7,10-11H,2-3,8-9H2,1H3,(H,21,25). The van der Waals surface area contributed by atoms with Gasteiger partial charge < -0.3 is 15.0 Å². The number of aromatic nitrogens is 2. The summed E-state index contributed by atoms with van der Waals surface area (Å²) >= 11 is 0. The third kappa shape index (κ3) is 4.55. The Bertz CT molecular complexity index is 839. The quantitative estimate of drug-likeness (QED) is 0.808. The minimum Gasteiger partial charge on any atom is -0.448 e. The van der Waals surface area contributed by atoms with E-state index in [2.05, 4.69) is 20.4 Å². The molecule has 0 aliphatic carbocycles. The molecular weight excluding hydrogens is 358 g/mol. The lowest BCUT2D eigenvalue weighted by atomic mass is 10.2. The van der Waals surface area contributed by atoms with Crippen LogP contribution >= 0.6 is 0 Å². The molecule has 1 amide bonds. The maximum atomic E-state index is 13.6. The normalized spacial score (nSPS) is 14.7. The molecule has 7 nitrogen and oxygen atoms in total. The summed E-state index contributed by atoms with van der Waals surface area (Å²) in [5.74, 6) is -2.46. The minimum atomic E-state index is -1.24. The molecule has 1 saturated heterocycles. The summed E-state index contributed by atoms with van der Waals surface area (Å²) < 4.78 is 31.8. The van der Waals surface area contributed by atoms with Gasteiger partial charge in [0.25, 0.3) is 5.91 Å². The maximum absolute atomic E-state index is 13.6. The molecule has 0 saturated carbocycles. The van der Waals surface area contributed by atoms with Crippen LogP contribution < -0.4 is 10.2 Å². The van der Waals surface area contributed by atoms with Crippen LogP contribution in [0.25, 0.3) is 0 Å². The first-order chi connectivity index (χ1) is 12.9. The van der Waals surface area contributed by atoms with E-state index in [0.29, 0.717) is 5.82 Å². The Morgan fingerprint density at radius 3 is 2.56 bits per heavy atom. The van der Waals surface area contributed by atoms with Crippen molar-refractivity contribution in [2.45, 2.75) is 25.9 Å². The lowest BCUT2D eigenvalue weighted by Crippen LogP contribution is -2.30. The molecule has 1 aliphatic heterocycles. The summed E-state index contributed by atoms with van der Waals surface area (Å²) in [6.07, 6.45) is 0.939. The van der Waals surface area contributed by atoms with Gasteiger partial charge in [-0.05, 0) is 44.0 Å². The SMILES string of the molecule is CC(OC(=O)c1ccc(N2CCCC2)nn1)C(=O)Nc1cc(F)ccc1F. The Morgan fingerprint density at radius 1 is 1.15 bits per heavy atom. The van der Waals surface area contributed by atoms with E-state index in [4.69, 9.17) is 4.74 Å². The largest absolute Gasteiger partial charge is 0.448 e. The fraction of sp³-hybridized carbons (Fsp3) is 0.333. The van der Waals surface area contributed by atoms with E-state index in [1.807, 2.05) is 0 Å². The van der Waals surface area contributed by atoms with Crippen LogP contribution in [-0.2, 0) is 9.53 Å². The van der Waals surface area contributed by atoms with Crippen molar-refractivity contribution >= 4 is 23.4 Å². The number of anilines is 2. The number of carbonyl (C=O) groups is 2. The molecule has 142 valence electrons. The number of amides is 1. The van der Waals surface area contributed by atoms with Crippen molar-refractivity contribution < 1.29 is 23.1 Å². The van der Waals surface area contributed by atoms with Gasteiger partial charge in [-0.2, -0.15) is 0 Å². The molecule has 1 aliphatic rings. The van der Waals surface area contributed by atoms with Gasteiger partial charge in [-0.15, -0.1) is 10.2 Å². The topological polar surface area (TPSA) is 84.4 Å². The van der Waals surface area contributed by atoms with Gasteiger partial charge in [0.15, 0.2) is 17.6 Å². The second kappa shape index (κ2) is 8.07. The second-order valence-electron chi connectivity index (χ2n) is 6.13. The van der Waals surface area contributed by atoms with Crippen molar-refractivity contribution in [1.29, 1.82) is 0 Å². The smallest absolute Gasteiger partial charge is 0.359 e. The number of nitrogens with one attached hydrogen (secondary N) is 1. The molecule has 1 unspecified atom stereocenters. The third-order valence-electron chi connectivity index (χ3n) is 4.13. The average Bonchev–Trinajstić information content (AvgIpc) is 3.19. The molecule has 0 bridgehead atoms. The number of benzene rings is 1. The highest BCUT2D eigenvalue weighted by Crippen LogP contribution is 2.18. The molecular formula is C18H18F2N4O3. The maximum Gasteiger partial charge on any atom is 0.359 e. The first-order valence-electron chi connectivity index (χ1n) is 8.49. The van der Waals surface area contributed by atoms with E-state index >= 15 is 0 Å². The number of halogens is 2. The Balaban J connectivity index is 1.59. The van der Waals surface area contributed by atoms with Gasteiger partial charge in [0.05, 0.1) is 5.69 Å². The number of carbonyl (C=O) groups excluding carboxylic acids is 2. The number of esters is 1. The fourth-order valence-corrected chi connectivity index (χ4v) is 2.65. The molecule has 3 rings (SSSR count). The summed E-state index contributed by atoms with van der Waals surface area (Å²) in [6, 6.07) is 5.80. The Kier molecular flexibility index (Phi) is 5.58. The first kappa shape index (κ1) is 18.7. The fourth-order valence-electron chi connectivity index (χ4n) is 2.65. The van der Waals surface area contributed by atoms with Crippen LogP contribution in [0.3, 0.4) is 0 Å². The van der Waals surface area contributed by atoms with Crippen LogP contribution in [0.4, 0.5) is 20.3 Å². The van der Waals surface area contributed by atoms with Crippen LogP contribution in [0.2, 0.25) is 0 Å². The minimum absolute atomic E-state index is 0.0467. The van der Waals surface area contributed by atoms with E-state index in [9.17, 15) is 18.4 Å². The predicted octanol–water partition coefficient (Wildman–Crippen LogP) is 2.54. The molecule has 1 aromatic carbocycles. The van der Waals surface area contributed by atoms with Gasteiger partial charge in [-0.3, -0.25) is 4.79 Å². The van der Waals surface area contributed by atoms with Crippen molar-refractivity contribution in [2.24, 2.45) is 0 Å². The van der Waals surface area contributed by atoms with Crippen LogP contribution in [0.15, 0.2) is 30.3 Å². The number of hydrogen-bond acceptors (Lipinski definition) is 6. The molecule has 2 aromatic rings. The molecule has 0 spiro atoms. The number of ether oxygens (including phenoxy) is 1.